The molecule has 0 aliphatic carbocycles. The molecule has 1 aromatic heterocycles. The molecular weight excluding hydrogens is 438 g/mol. The zero-order chi connectivity index (χ0) is 21.5. The third-order valence-corrected chi connectivity index (χ3v) is 5.08. The molecule has 0 bridgehead atoms. The van der Waals surface area contributed by atoms with Crippen LogP contribution in [0.2, 0.25) is 0 Å². The van der Waals surface area contributed by atoms with Crippen molar-refractivity contribution in [3.63, 3.8) is 0 Å². The number of aryl methyl sites for hydroxylation is 1. The van der Waals surface area contributed by atoms with Gasteiger partial charge in [-0.1, -0.05) is 74.0 Å². The smallest absolute Gasteiger partial charge is 0.228 e. The summed E-state index contributed by atoms with van der Waals surface area (Å²) in [6.45, 7) is 8.06. The van der Waals surface area contributed by atoms with Crippen LogP contribution in [0.5, 0.6) is 0 Å². The second-order valence-electron chi connectivity index (χ2n) is 8.01. The van der Waals surface area contributed by atoms with Gasteiger partial charge in [0.1, 0.15) is 10.4 Å². The molecule has 0 aliphatic heterocycles. The van der Waals surface area contributed by atoms with Gasteiger partial charge in [0.05, 0.1) is 6.42 Å². The average Bonchev–Trinajstić information content (AvgIpc) is 2.69. The van der Waals surface area contributed by atoms with Crippen LogP contribution in [0, 0.1) is 12.8 Å². The third kappa shape index (κ3) is 6.70. The minimum absolute atomic E-state index is 0.0404. The molecule has 0 fully saturated rings. The van der Waals surface area contributed by atoms with Crippen LogP contribution in [0.4, 0.5) is 11.5 Å². The first-order chi connectivity index (χ1) is 14.4. The van der Waals surface area contributed by atoms with E-state index in [2.05, 4.69) is 57.1 Å². The lowest BCUT2D eigenvalue weighted by atomic mass is 10.1. The van der Waals surface area contributed by atoms with Crippen LogP contribution in [0.15, 0.2) is 71.3 Å². The predicted molar refractivity (Wildman–Crippen MR) is 128 cm³/mol. The zero-order valence-corrected chi connectivity index (χ0v) is 19.3. The van der Waals surface area contributed by atoms with Crippen molar-refractivity contribution in [2.24, 2.45) is 5.92 Å². The van der Waals surface area contributed by atoms with E-state index in [9.17, 15) is 4.79 Å². The average molecular weight is 466 g/mol. The number of carbonyl (C=O) groups excluding carboxylic acids is 1. The molecule has 4 nitrogen and oxygen atoms in total. The van der Waals surface area contributed by atoms with Gasteiger partial charge in [-0.2, -0.15) is 0 Å². The van der Waals surface area contributed by atoms with Crippen molar-refractivity contribution in [3.8, 4) is 0 Å². The highest BCUT2D eigenvalue weighted by Gasteiger charge is 2.14. The first-order valence-electron chi connectivity index (χ1n) is 10.2. The number of hydrogen-bond acceptors (Lipinski definition) is 3. The van der Waals surface area contributed by atoms with Crippen molar-refractivity contribution in [1.82, 2.24) is 4.98 Å². The summed E-state index contributed by atoms with van der Waals surface area (Å²) in [5, 5.41) is 3.02. The fourth-order valence-corrected chi connectivity index (χ4v) is 3.73. The van der Waals surface area contributed by atoms with Crippen LogP contribution in [-0.2, 0) is 17.8 Å². The monoisotopic (exact) mass is 465 g/mol. The molecule has 5 heteroatoms. The van der Waals surface area contributed by atoms with Crippen molar-refractivity contribution in [1.29, 1.82) is 0 Å². The number of rotatable bonds is 8. The zero-order valence-electron chi connectivity index (χ0n) is 17.7. The minimum Gasteiger partial charge on any atom is -0.352 e. The number of amides is 1. The molecule has 1 amide bonds. The molecule has 0 radical (unpaired) electrons. The Balaban J connectivity index is 1.77. The number of benzene rings is 2. The SMILES string of the molecule is Cc1ccc(CC(=O)Nc2cc(Br)nc(N(Cc3ccccc3)CC(C)C)c2)cc1. The van der Waals surface area contributed by atoms with E-state index in [1.54, 1.807) is 0 Å². The Kier molecular flexibility index (Phi) is 7.63. The van der Waals surface area contributed by atoms with Crippen molar-refractivity contribution >= 4 is 33.3 Å². The van der Waals surface area contributed by atoms with E-state index >= 15 is 0 Å². The lowest BCUT2D eigenvalue weighted by Crippen LogP contribution is -2.28. The van der Waals surface area contributed by atoms with Crippen LogP contribution in [0.25, 0.3) is 0 Å². The number of pyridine rings is 1. The first kappa shape index (κ1) is 22.0. The quantitative estimate of drug-likeness (QED) is 0.415. The highest BCUT2D eigenvalue weighted by atomic mass is 79.9. The Hall–Kier alpha value is -2.66. The lowest BCUT2D eigenvalue weighted by molar-refractivity contribution is -0.115. The van der Waals surface area contributed by atoms with Crippen LogP contribution in [0.3, 0.4) is 0 Å². The molecule has 0 aliphatic rings. The van der Waals surface area contributed by atoms with Gasteiger partial charge in [0.2, 0.25) is 5.91 Å². The summed E-state index contributed by atoms with van der Waals surface area (Å²) in [5.74, 6) is 1.28. The summed E-state index contributed by atoms with van der Waals surface area (Å²) in [5.41, 5.74) is 4.15. The van der Waals surface area contributed by atoms with Gasteiger partial charge in [0, 0.05) is 24.8 Å². The maximum Gasteiger partial charge on any atom is 0.228 e. The summed E-state index contributed by atoms with van der Waals surface area (Å²) in [6, 6.07) is 22.2. The first-order valence-corrected chi connectivity index (χ1v) is 11.0. The Morgan fingerprint density at radius 2 is 1.73 bits per heavy atom. The Labute approximate surface area is 187 Å². The van der Waals surface area contributed by atoms with Gasteiger partial charge in [0.15, 0.2) is 0 Å². The maximum atomic E-state index is 12.6. The minimum atomic E-state index is -0.0404. The molecule has 0 saturated heterocycles. The van der Waals surface area contributed by atoms with E-state index in [1.165, 1.54) is 11.1 Å². The van der Waals surface area contributed by atoms with E-state index in [0.717, 1.165) is 30.2 Å². The predicted octanol–water partition coefficient (Wildman–Crippen LogP) is 6.00. The molecule has 3 rings (SSSR count). The van der Waals surface area contributed by atoms with E-state index in [4.69, 9.17) is 0 Å². The highest BCUT2D eigenvalue weighted by molar-refractivity contribution is 9.10. The van der Waals surface area contributed by atoms with Crippen molar-refractivity contribution < 1.29 is 4.79 Å². The molecular formula is C25H28BrN3O. The largest absolute Gasteiger partial charge is 0.352 e. The number of carbonyl (C=O) groups is 1. The summed E-state index contributed by atoms with van der Waals surface area (Å²) in [7, 11) is 0. The molecule has 3 aromatic rings. The maximum absolute atomic E-state index is 12.6. The molecule has 2 aromatic carbocycles. The normalized spacial score (nSPS) is 10.8. The standard InChI is InChI=1S/C25H28BrN3O/c1-18(2)16-29(17-21-7-5-4-6-8-21)24-15-22(14-23(26)28-24)27-25(30)13-20-11-9-19(3)10-12-20/h4-12,14-15,18H,13,16-17H2,1-3H3,(H,27,28,30). The molecule has 0 atom stereocenters. The van der Waals surface area contributed by atoms with Gasteiger partial charge in [-0.05, 0) is 46.0 Å². The number of nitrogens with zero attached hydrogens (tertiary/aromatic N) is 2. The van der Waals surface area contributed by atoms with Crippen LogP contribution in [0.1, 0.15) is 30.5 Å². The molecule has 156 valence electrons. The molecule has 0 unspecified atom stereocenters. The van der Waals surface area contributed by atoms with E-state index < -0.39 is 0 Å². The number of hydrogen-bond donors (Lipinski definition) is 1. The Morgan fingerprint density at radius 1 is 1.03 bits per heavy atom. The van der Waals surface area contributed by atoms with Gasteiger partial charge < -0.3 is 10.2 Å². The molecule has 30 heavy (non-hydrogen) atoms. The van der Waals surface area contributed by atoms with E-state index in [-0.39, 0.29) is 5.91 Å². The number of halogens is 1. The van der Waals surface area contributed by atoms with Crippen molar-refractivity contribution in [2.45, 2.75) is 33.7 Å². The highest BCUT2D eigenvalue weighted by Crippen LogP contribution is 2.24. The molecule has 0 saturated carbocycles. The molecule has 1 N–H and O–H groups in total. The van der Waals surface area contributed by atoms with Crippen LogP contribution < -0.4 is 10.2 Å². The van der Waals surface area contributed by atoms with Crippen molar-refractivity contribution in [3.05, 3.63) is 88.0 Å². The van der Waals surface area contributed by atoms with Crippen LogP contribution >= 0.6 is 15.9 Å². The topological polar surface area (TPSA) is 45.2 Å². The van der Waals surface area contributed by atoms with Crippen LogP contribution in [-0.4, -0.2) is 17.4 Å². The summed E-state index contributed by atoms with van der Waals surface area (Å²) in [6.07, 6.45) is 0.343. The van der Waals surface area contributed by atoms with Gasteiger partial charge in [-0.3, -0.25) is 4.79 Å². The third-order valence-electron chi connectivity index (χ3n) is 4.68. The summed E-state index contributed by atoms with van der Waals surface area (Å²) >= 11 is 3.51. The second kappa shape index (κ2) is 10.4. The Bertz CT molecular complexity index is 971. The van der Waals surface area contributed by atoms with Gasteiger partial charge >= 0.3 is 0 Å². The second-order valence-corrected chi connectivity index (χ2v) is 8.82. The lowest BCUT2D eigenvalue weighted by Gasteiger charge is -2.26. The number of nitrogens with one attached hydrogen (secondary N) is 1. The van der Waals surface area contributed by atoms with Crippen molar-refractivity contribution in [2.75, 3.05) is 16.8 Å². The molecule has 0 spiro atoms. The van der Waals surface area contributed by atoms with E-state index in [1.807, 2.05) is 61.5 Å². The summed E-state index contributed by atoms with van der Waals surface area (Å²) in [4.78, 5) is 19.5. The fraction of sp³-hybridized carbons (Fsp3) is 0.280. The van der Waals surface area contributed by atoms with Gasteiger partial charge in [-0.15, -0.1) is 0 Å². The fourth-order valence-electron chi connectivity index (χ4n) is 3.30. The molecule has 1 heterocycles. The number of aromatic nitrogens is 1. The van der Waals surface area contributed by atoms with Gasteiger partial charge in [-0.25, -0.2) is 4.98 Å². The van der Waals surface area contributed by atoms with E-state index in [0.29, 0.717) is 16.9 Å². The number of anilines is 2. The van der Waals surface area contributed by atoms with Gasteiger partial charge in [0.25, 0.3) is 0 Å². The Morgan fingerprint density at radius 3 is 2.40 bits per heavy atom. The summed E-state index contributed by atoms with van der Waals surface area (Å²) < 4.78 is 0.701.